The Kier molecular flexibility index (Phi) is 13.5. The van der Waals surface area contributed by atoms with E-state index in [1.807, 2.05) is 30.3 Å². The minimum Gasteiger partial charge on any atom is -0.382 e. The van der Waals surface area contributed by atoms with Crippen LogP contribution in [0.5, 0.6) is 0 Å². The van der Waals surface area contributed by atoms with Gasteiger partial charge in [0.05, 0.1) is 6.04 Å². The molecule has 0 aliphatic heterocycles. The molecular formula is C34H40F3N5O5. The molecule has 13 heteroatoms. The molecule has 47 heavy (non-hydrogen) atoms. The van der Waals surface area contributed by atoms with E-state index in [-0.39, 0.29) is 25.8 Å². The number of alkyl halides is 3. The third kappa shape index (κ3) is 11.2. The number of benzene rings is 3. The summed E-state index contributed by atoms with van der Waals surface area (Å²) < 4.78 is 39.5. The number of carbonyl (C=O) groups is 4. The van der Waals surface area contributed by atoms with E-state index in [0.29, 0.717) is 11.1 Å². The molecule has 0 aliphatic rings. The van der Waals surface area contributed by atoms with E-state index in [1.165, 1.54) is 13.8 Å². The predicted octanol–water partition coefficient (Wildman–Crippen LogP) is 2.85. The molecule has 0 aromatic heterocycles. The molecule has 5 atom stereocenters. The quantitative estimate of drug-likeness (QED) is 0.148. The maximum Gasteiger partial charge on any atom is 0.416 e. The van der Waals surface area contributed by atoms with Crippen molar-refractivity contribution in [3.63, 3.8) is 0 Å². The lowest BCUT2D eigenvalue weighted by Crippen LogP contribution is -2.58. The van der Waals surface area contributed by atoms with Crippen LogP contribution in [0.4, 0.5) is 13.2 Å². The maximum absolute atomic E-state index is 13.3. The fourth-order valence-electron chi connectivity index (χ4n) is 4.71. The Morgan fingerprint density at radius 1 is 0.723 bits per heavy atom. The van der Waals surface area contributed by atoms with Crippen LogP contribution < -0.4 is 27.0 Å². The van der Waals surface area contributed by atoms with Crippen LogP contribution in [0, 0.1) is 0 Å². The number of carbonyl (C=O) groups excluding carboxylic acids is 4. The molecule has 4 amide bonds. The minimum atomic E-state index is -4.98. The lowest BCUT2D eigenvalue weighted by atomic mass is 10.0. The summed E-state index contributed by atoms with van der Waals surface area (Å²) >= 11 is 0. The van der Waals surface area contributed by atoms with Crippen molar-refractivity contribution in [2.24, 2.45) is 5.73 Å². The number of hydrogen-bond donors (Lipinski definition) is 6. The molecule has 0 saturated carbocycles. The van der Waals surface area contributed by atoms with Gasteiger partial charge in [0.1, 0.15) is 18.1 Å². The van der Waals surface area contributed by atoms with Gasteiger partial charge in [-0.2, -0.15) is 13.2 Å². The summed E-state index contributed by atoms with van der Waals surface area (Å²) in [7, 11) is 0. The van der Waals surface area contributed by atoms with Crippen molar-refractivity contribution in [2.45, 2.75) is 69.6 Å². The van der Waals surface area contributed by atoms with E-state index in [1.54, 1.807) is 54.6 Å². The summed E-state index contributed by atoms with van der Waals surface area (Å²) in [6.45, 7) is 2.76. The smallest absolute Gasteiger partial charge is 0.382 e. The molecule has 0 fully saturated rings. The van der Waals surface area contributed by atoms with Gasteiger partial charge in [-0.15, -0.1) is 0 Å². The normalized spacial score (nSPS) is 14.5. The zero-order chi connectivity index (χ0) is 34.6. The van der Waals surface area contributed by atoms with Crippen LogP contribution in [-0.4, -0.2) is 71.7 Å². The summed E-state index contributed by atoms with van der Waals surface area (Å²) in [5, 5.41) is 19.5. The van der Waals surface area contributed by atoms with Crippen LogP contribution in [0.3, 0.4) is 0 Å². The van der Waals surface area contributed by atoms with Crippen LogP contribution in [0.1, 0.15) is 42.6 Å². The molecule has 3 rings (SSSR count). The molecule has 5 unspecified atom stereocenters. The van der Waals surface area contributed by atoms with Gasteiger partial charge < -0.3 is 32.1 Å². The van der Waals surface area contributed by atoms with Crippen molar-refractivity contribution in [3.8, 4) is 11.1 Å². The molecule has 3 aromatic rings. The molecule has 0 heterocycles. The van der Waals surface area contributed by atoms with E-state index in [0.717, 1.165) is 11.1 Å². The second-order valence-corrected chi connectivity index (χ2v) is 11.2. The van der Waals surface area contributed by atoms with E-state index in [4.69, 9.17) is 5.73 Å². The van der Waals surface area contributed by atoms with Crippen molar-refractivity contribution in [3.05, 3.63) is 96.1 Å². The van der Waals surface area contributed by atoms with Crippen LogP contribution in [-0.2, 0) is 20.8 Å². The van der Waals surface area contributed by atoms with Gasteiger partial charge in [0, 0.05) is 12.0 Å². The molecule has 7 N–H and O–H groups in total. The van der Waals surface area contributed by atoms with Gasteiger partial charge in [0.2, 0.25) is 17.7 Å². The van der Waals surface area contributed by atoms with Gasteiger partial charge in [0.25, 0.3) is 5.91 Å². The Labute approximate surface area is 271 Å². The number of nitrogens with two attached hydrogens (primary N) is 1. The SMILES string of the molecule is CC(NC(=O)c1ccc(-c2ccccc2)cc1)C(=O)NC(Cc1ccccc1)C(=O)NC(C)C(=O)NC(CCCN)C(O)C(F)(F)F. The van der Waals surface area contributed by atoms with Gasteiger partial charge in [-0.3, -0.25) is 19.2 Å². The summed E-state index contributed by atoms with van der Waals surface area (Å²) in [5.41, 5.74) is 8.28. The lowest BCUT2D eigenvalue weighted by molar-refractivity contribution is -0.212. The Bertz CT molecular complexity index is 1470. The van der Waals surface area contributed by atoms with E-state index >= 15 is 0 Å². The molecule has 0 radical (unpaired) electrons. The highest BCUT2D eigenvalue weighted by molar-refractivity contribution is 5.99. The Balaban J connectivity index is 1.66. The first-order chi connectivity index (χ1) is 22.3. The van der Waals surface area contributed by atoms with E-state index in [2.05, 4.69) is 21.3 Å². The van der Waals surface area contributed by atoms with Crippen molar-refractivity contribution >= 4 is 23.6 Å². The first-order valence-electron chi connectivity index (χ1n) is 15.2. The summed E-state index contributed by atoms with van der Waals surface area (Å²) in [5.74, 6) is -2.93. The average molecular weight is 656 g/mol. The topological polar surface area (TPSA) is 163 Å². The Hall–Kier alpha value is -4.75. The largest absolute Gasteiger partial charge is 0.416 e. The molecule has 10 nitrogen and oxygen atoms in total. The van der Waals surface area contributed by atoms with Gasteiger partial charge in [-0.1, -0.05) is 72.8 Å². The number of aliphatic hydroxyl groups is 1. The fraction of sp³-hybridized carbons (Fsp3) is 0.353. The predicted molar refractivity (Wildman–Crippen MR) is 171 cm³/mol. The Morgan fingerprint density at radius 2 is 1.26 bits per heavy atom. The highest BCUT2D eigenvalue weighted by Crippen LogP contribution is 2.24. The minimum absolute atomic E-state index is 0.0142. The molecule has 0 saturated heterocycles. The number of nitrogens with one attached hydrogen (secondary N) is 4. The van der Waals surface area contributed by atoms with Crippen molar-refractivity contribution in [1.82, 2.24) is 21.3 Å². The summed E-state index contributed by atoms with van der Waals surface area (Å²) in [6, 6.07) is 19.9. The van der Waals surface area contributed by atoms with Crippen LogP contribution in [0.15, 0.2) is 84.9 Å². The molecule has 252 valence electrons. The van der Waals surface area contributed by atoms with Crippen molar-refractivity contribution in [2.75, 3.05) is 6.54 Å². The Morgan fingerprint density at radius 3 is 1.83 bits per heavy atom. The average Bonchev–Trinajstić information content (AvgIpc) is 3.06. The zero-order valence-corrected chi connectivity index (χ0v) is 26.1. The highest BCUT2D eigenvalue weighted by Gasteiger charge is 2.44. The number of amides is 4. The standard InChI is InChI=1S/C34H40F3N5O5/c1-21(39-32(46)26-17-15-25(16-18-26)24-12-7-4-8-13-24)31(45)42-28(20-23-10-5-3-6-11-23)33(47)40-22(2)30(44)41-27(14-9-19-38)29(43)34(35,36)37/h3-8,10-13,15-18,21-22,27-29,43H,9,14,19-20,38H2,1-2H3,(H,39,46)(H,40,47)(H,41,44)(H,42,45). The molecule has 0 aliphatic carbocycles. The van der Waals surface area contributed by atoms with Gasteiger partial charge in [-0.05, 0) is 62.1 Å². The first-order valence-corrected chi connectivity index (χ1v) is 15.2. The lowest BCUT2D eigenvalue weighted by Gasteiger charge is -2.28. The van der Waals surface area contributed by atoms with Gasteiger partial charge in [-0.25, -0.2) is 0 Å². The van der Waals surface area contributed by atoms with Gasteiger partial charge in [0.15, 0.2) is 6.10 Å². The first kappa shape index (κ1) is 36.7. The van der Waals surface area contributed by atoms with Crippen LogP contribution in [0.25, 0.3) is 11.1 Å². The van der Waals surface area contributed by atoms with E-state index < -0.39 is 60.1 Å². The van der Waals surface area contributed by atoms with Crippen molar-refractivity contribution < 1.29 is 37.5 Å². The zero-order valence-electron chi connectivity index (χ0n) is 26.1. The monoisotopic (exact) mass is 655 g/mol. The maximum atomic E-state index is 13.3. The number of aliphatic hydroxyl groups excluding tert-OH is 1. The van der Waals surface area contributed by atoms with E-state index in [9.17, 15) is 37.5 Å². The molecule has 0 spiro atoms. The van der Waals surface area contributed by atoms with Crippen LogP contribution >= 0.6 is 0 Å². The summed E-state index contributed by atoms with van der Waals surface area (Å²) in [4.78, 5) is 52.2. The number of hydrogen-bond acceptors (Lipinski definition) is 6. The third-order valence-electron chi connectivity index (χ3n) is 7.43. The highest BCUT2D eigenvalue weighted by atomic mass is 19.4. The molecule has 0 bridgehead atoms. The fourth-order valence-corrected chi connectivity index (χ4v) is 4.71. The summed E-state index contributed by atoms with van der Waals surface area (Å²) in [6.07, 6.45) is -7.93. The van der Waals surface area contributed by atoms with Crippen molar-refractivity contribution in [1.29, 1.82) is 0 Å². The third-order valence-corrected chi connectivity index (χ3v) is 7.43. The molecule has 3 aromatic carbocycles. The number of rotatable bonds is 15. The van der Waals surface area contributed by atoms with Gasteiger partial charge >= 0.3 is 6.18 Å². The molecular weight excluding hydrogens is 615 g/mol. The second kappa shape index (κ2) is 17.2. The number of halogens is 3. The van der Waals surface area contributed by atoms with Crippen LogP contribution in [0.2, 0.25) is 0 Å². The second-order valence-electron chi connectivity index (χ2n) is 11.2.